The van der Waals surface area contributed by atoms with E-state index in [1.54, 1.807) is 0 Å². The summed E-state index contributed by atoms with van der Waals surface area (Å²) in [7, 11) is -2.03. The molecule has 5 nitrogen and oxygen atoms in total. The Morgan fingerprint density at radius 2 is 1.69 bits per heavy atom. The highest BCUT2D eigenvalue weighted by atomic mass is 28.4. The summed E-state index contributed by atoms with van der Waals surface area (Å²) in [5, 5.41) is 0.0534. The second-order valence-corrected chi connectivity index (χ2v) is 13.9. The van der Waals surface area contributed by atoms with Gasteiger partial charge in [0.25, 0.3) is 0 Å². The number of ether oxygens (including phenoxy) is 1. The molecule has 0 aromatic heterocycles. The summed E-state index contributed by atoms with van der Waals surface area (Å²) in [5.74, 6) is -1.27. The summed E-state index contributed by atoms with van der Waals surface area (Å²) in [6, 6.07) is 0. The van der Waals surface area contributed by atoms with E-state index in [2.05, 4.69) is 33.9 Å². The molecular formula is C20H28O5Si. The highest BCUT2D eigenvalue weighted by Gasteiger charge is 2.57. The molecule has 0 amide bonds. The summed E-state index contributed by atoms with van der Waals surface area (Å²) in [6.45, 7) is 12.3. The maximum Gasteiger partial charge on any atom is 0.307 e. The first-order valence-electron chi connectivity index (χ1n) is 9.26. The number of hydrogen-bond donors (Lipinski definition) is 0. The lowest BCUT2D eigenvalue weighted by Gasteiger charge is -2.52. The standard InChI is InChI=1S/C20H28O5Si/c1-11(21)24-16-9-13-17(25-26(5,6)20(2,3)4)10-12(16)18-14(22)7-8-15(23)19(13)18/h7-9,12-13,17-19H,10H2,1-6H3/t12-,13-,17+,18+,19-/m0/s1. The third kappa shape index (κ3) is 3.14. The largest absolute Gasteiger partial charge is 0.431 e. The van der Waals surface area contributed by atoms with E-state index in [9.17, 15) is 14.4 Å². The molecule has 1 fully saturated rings. The average Bonchev–Trinajstić information content (AvgIpc) is 2.49. The molecule has 0 aliphatic heterocycles. The molecule has 0 spiro atoms. The van der Waals surface area contributed by atoms with Crippen molar-refractivity contribution >= 4 is 25.9 Å². The number of hydrogen-bond acceptors (Lipinski definition) is 5. The highest BCUT2D eigenvalue weighted by molar-refractivity contribution is 6.74. The zero-order valence-corrected chi connectivity index (χ0v) is 17.4. The fourth-order valence-corrected chi connectivity index (χ4v) is 5.54. The molecule has 1 saturated carbocycles. The predicted octanol–water partition coefficient (Wildman–Crippen LogP) is 3.41. The van der Waals surface area contributed by atoms with Crippen LogP contribution in [0.3, 0.4) is 0 Å². The van der Waals surface area contributed by atoms with E-state index in [0.717, 1.165) is 0 Å². The van der Waals surface area contributed by atoms with Gasteiger partial charge in [0.05, 0.1) is 6.10 Å². The van der Waals surface area contributed by atoms with Gasteiger partial charge in [0, 0.05) is 30.6 Å². The molecule has 2 bridgehead atoms. The summed E-state index contributed by atoms with van der Waals surface area (Å²) >= 11 is 0. The van der Waals surface area contributed by atoms with Crippen molar-refractivity contribution in [2.45, 2.75) is 58.4 Å². The van der Waals surface area contributed by atoms with Gasteiger partial charge in [-0.05, 0) is 42.8 Å². The van der Waals surface area contributed by atoms with Gasteiger partial charge in [0.15, 0.2) is 19.9 Å². The molecule has 5 atom stereocenters. The van der Waals surface area contributed by atoms with Crippen LogP contribution in [0.5, 0.6) is 0 Å². The first-order chi connectivity index (χ1) is 11.9. The lowest BCUT2D eigenvalue weighted by Crippen LogP contribution is -2.57. The van der Waals surface area contributed by atoms with E-state index >= 15 is 0 Å². The molecule has 0 aromatic carbocycles. The van der Waals surface area contributed by atoms with E-state index in [4.69, 9.17) is 9.16 Å². The Kier molecular flexibility index (Phi) is 4.64. The molecule has 26 heavy (non-hydrogen) atoms. The Labute approximate surface area is 155 Å². The van der Waals surface area contributed by atoms with Crippen LogP contribution >= 0.6 is 0 Å². The lowest BCUT2D eigenvalue weighted by molar-refractivity contribution is -0.146. The van der Waals surface area contributed by atoms with Crippen molar-refractivity contribution < 1.29 is 23.5 Å². The SMILES string of the molecule is CC(=O)OC1=C[C@@H]2[C@H]3C(=O)C=CC(=O)[C@H]3[C@H]1C[C@H]2O[Si](C)(C)C(C)(C)C. The molecule has 0 radical (unpaired) electrons. The van der Waals surface area contributed by atoms with Gasteiger partial charge in [0.1, 0.15) is 5.76 Å². The van der Waals surface area contributed by atoms with Crippen LogP contribution in [0.15, 0.2) is 24.0 Å². The number of rotatable bonds is 3. The van der Waals surface area contributed by atoms with Crippen LogP contribution < -0.4 is 0 Å². The summed E-state index contributed by atoms with van der Waals surface area (Å²) in [6.07, 6.45) is 5.14. The molecule has 4 aliphatic rings. The van der Waals surface area contributed by atoms with Crippen molar-refractivity contribution in [3.05, 3.63) is 24.0 Å². The van der Waals surface area contributed by atoms with Gasteiger partial charge in [-0.25, -0.2) is 0 Å². The molecule has 0 N–H and O–H groups in total. The molecule has 4 aliphatic carbocycles. The van der Waals surface area contributed by atoms with E-state index in [1.165, 1.54) is 19.1 Å². The van der Waals surface area contributed by atoms with E-state index in [0.29, 0.717) is 12.2 Å². The molecule has 0 heterocycles. The van der Waals surface area contributed by atoms with E-state index in [-0.39, 0.29) is 34.5 Å². The van der Waals surface area contributed by atoms with Crippen LogP contribution in [0.1, 0.15) is 34.1 Å². The van der Waals surface area contributed by atoms with Gasteiger partial charge in [-0.15, -0.1) is 0 Å². The number of ketones is 2. The van der Waals surface area contributed by atoms with Gasteiger partial charge < -0.3 is 9.16 Å². The van der Waals surface area contributed by atoms with Gasteiger partial charge in [-0.3, -0.25) is 14.4 Å². The van der Waals surface area contributed by atoms with Crippen molar-refractivity contribution in [1.29, 1.82) is 0 Å². The maximum atomic E-state index is 12.6. The molecule has 6 heteroatoms. The van der Waals surface area contributed by atoms with Gasteiger partial charge in [-0.1, -0.05) is 20.8 Å². The minimum absolute atomic E-state index is 0.0220. The second-order valence-electron chi connectivity index (χ2n) is 9.19. The number of allylic oxidation sites excluding steroid dienone is 3. The Bertz CT molecular complexity index is 712. The van der Waals surface area contributed by atoms with Crippen molar-refractivity contribution in [1.82, 2.24) is 0 Å². The number of carbonyl (C=O) groups excluding carboxylic acids is 3. The van der Waals surface area contributed by atoms with Crippen molar-refractivity contribution in [2.75, 3.05) is 0 Å². The van der Waals surface area contributed by atoms with Crippen molar-refractivity contribution in [3.63, 3.8) is 0 Å². The van der Waals surface area contributed by atoms with Crippen LogP contribution in [-0.4, -0.2) is 32.0 Å². The number of carbonyl (C=O) groups is 3. The molecular weight excluding hydrogens is 348 g/mol. The highest BCUT2D eigenvalue weighted by Crippen LogP contribution is 2.53. The fraction of sp³-hybridized carbons (Fsp3) is 0.650. The molecule has 0 aromatic rings. The zero-order valence-electron chi connectivity index (χ0n) is 16.4. The fourth-order valence-electron chi connectivity index (χ4n) is 4.18. The molecule has 4 rings (SSSR count). The first-order valence-corrected chi connectivity index (χ1v) is 12.2. The Morgan fingerprint density at radius 3 is 2.23 bits per heavy atom. The van der Waals surface area contributed by atoms with Crippen LogP contribution in [0.25, 0.3) is 0 Å². The smallest absolute Gasteiger partial charge is 0.307 e. The Balaban J connectivity index is 1.97. The summed E-state index contributed by atoms with van der Waals surface area (Å²) in [4.78, 5) is 36.6. The third-order valence-corrected chi connectivity index (χ3v) is 11.0. The number of esters is 1. The minimum Gasteiger partial charge on any atom is -0.431 e. The monoisotopic (exact) mass is 376 g/mol. The molecule has 0 unspecified atom stereocenters. The minimum atomic E-state index is -2.03. The van der Waals surface area contributed by atoms with Crippen LogP contribution in [0.4, 0.5) is 0 Å². The average molecular weight is 377 g/mol. The normalized spacial score (nSPS) is 33.8. The second kappa shape index (κ2) is 6.27. The van der Waals surface area contributed by atoms with Gasteiger partial charge >= 0.3 is 5.97 Å². The van der Waals surface area contributed by atoms with Crippen LogP contribution in [-0.2, 0) is 23.5 Å². The lowest BCUT2D eigenvalue weighted by atomic mass is 9.56. The summed E-state index contributed by atoms with van der Waals surface area (Å²) in [5.41, 5.74) is 0. The zero-order chi connectivity index (χ0) is 19.4. The van der Waals surface area contributed by atoms with E-state index in [1.807, 2.05) is 6.08 Å². The van der Waals surface area contributed by atoms with E-state index < -0.39 is 26.1 Å². The molecule has 0 saturated heterocycles. The number of fused-ring (bicyclic) bond motifs is 1. The maximum absolute atomic E-state index is 12.6. The topological polar surface area (TPSA) is 69.7 Å². The molecule has 142 valence electrons. The van der Waals surface area contributed by atoms with Crippen LogP contribution in [0, 0.1) is 23.7 Å². The first kappa shape index (κ1) is 19.2. The van der Waals surface area contributed by atoms with Gasteiger partial charge in [0.2, 0.25) is 0 Å². The Morgan fingerprint density at radius 1 is 1.12 bits per heavy atom. The van der Waals surface area contributed by atoms with Crippen LogP contribution in [0.2, 0.25) is 18.1 Å². The quantitative estimate of drug-likeness (QED) is 0.558. The Hall–Kier alpha value is -1.53. The third-order valence-electron chi connectivity index (χ3n) is 6.46. The van der Waals surface area contributed by atoms with Gasteiger partial charge in [-0.2, -0.15) is 0 Å². The predicted molar refractivity (Wildman–Crippen MR) is 99.7 cm³/mol. The van der Waals surface area contributed by atoms with Crippen molar-refractivity contribution in [2.24, 2.45) is 23.7 Å². The van der Waals surface area contributed by atoms with Crippen molar-refractivity contribution in [3.8, 4) is 0 Å². The summed E-state index contributed by atoms with van der Waals surface area (Å²) < 4.78 is 12.0.